The molecular formula is C28H26ClN3O3S. The van der Waals surface area contributed by atoms with Gasteiger partial charge in [0, 0.05) is 29.4 Å². The van der Waals surface area contributed by atoms with Gasteiger partial charge in [0.2, 0.25) is 0 Å². The van der Waals surface area contributed by atoms with Crippen molar-refractivity contribution in [2.24, 2.45) is 0 Å². The largest absolute Gasteiger partial charge is 0.378 e. The number of ether oxygens (including phenoxy) is 1. The summed E-state index contributed by atoms with van der Waals surface area (Å²) in [6, 6.07) is 18.9. The molecule has 5 rings (SSSR count). The zero-order valence-corrected chi connectivity index (χ0v) is 21.7. The number of hydrogen-bond donors (Lipinski definition) is 0. The molecule has 1 saturated heterocycles. The lowest BCUT2D eigenvalue weighted by Crippen LogP contribution is -2.40. The number of halogens is 1. The van der Waals surface area contributed by atoms with E-state index in [2.05, 4.69) is 6.07 Å². The number of thioether (sulfide) groups is 1. The van der Waals surface area contributed by atoms with E-state index in [1.54, 1.807) is 27.7 Å². The number of nitrogens with zero attached hydrogens (tertiary/aromatic N) is 3. The first-order chi connectivity index (χ1) is 17.4. The van der Waals surface area contributed by atoms with E-state index >= 15 is 0 Å². The van der Waals surface area contributed by atoms with Gasteiger partial charge in [-0.05, 0) is 73.0 Å². The quantitative estimate of drug-likeness (QED) is 0.260. The van der Waals surface area contributed by atoms with Crippen LogP contribution in [-0.2, 0) is 10.5 Å². The van der Waals surface area contributed by atoms with Gasteiger partial charge in [-0.2, -0.15) is 0 Å². The third-order valence-corrected chi connectivity index (χ3v) is 7.35. The second kappa shape index (κ2) is 10.5. The summed E-state index contributed by atoms with van der Waals surface area (Å²) in [4.78, 5) is 33.5. The van der Waals surface area contributed by atoms with Crippen molar-refractivity contribution in [3.8, 4) is 5.69 Å². The van der Waals surface area contributed by atoms with E-state index in [1.807, 2.05) is 50.2 Å². The molecule has 0 spiro atoms. The summed E-state index contributed by atoms with van der Waals surface area (Å²) >= 11 is 7.65. The number of fused-ring (bicyclic) bond motifs is 1. The number of aryl methyl sites for hydroxylation is 2. The van der Waals surface area contributed by atoms with Crippen LogP contribution >= 0.6 is 23.4 Å². The van der Waals surface area contributed by atoms with Gasteiger partial charge < -0.3 is 9.64 Å². The summed E-state index contributed by atoms with van der Waals surface area (Å²) in [6.07, 6.45) is 0. The van der Waals surface area contributed by atoms with Crippen LogP contribution in [0.15, 0.2) is 70.6 Å². The van der Waals surface area contributed by atoms with E-state index in [1.165, 1.54) is 11.8 Å². The molecule has 1 amide bonds. The van der Waals surface area contributed by atoms with Gasteiger partial charge >= 0.3 is 0 Å². The topological polar surface area (TPSA) is 64.4 Å². The van der Waals surface area contributed by atoms with Gasteiger partial charge in [0.05, 0.1) is 29.8 Å². The summed E-state index contributed by atoms with van der Waals surface area (Å²) in [5.74, 6) is 0.518. The molecule has 1 aromatic heterocycles. The first-order valence-corrected chi connectivity index (χ1v) is 13.2. The Morgan fingerprint density at radius 1 is 1.03 bits per heavy atom. The molecule has 0 bridgehead atoms. The number of morpholine rings is 1. The minimum atomic E-state index is -0.163. The Morgan fingerprint density at radius 3 is 2.50 bits per heavy atom. The minimum Gasteiger partial charge on any atom is -0.378 e. The summed E-state index contributed by atoms with van der Waals surface area (Å²) in [7, 11) is 0. The van der Waals surface area contributed by atoms with Gasteiger partial charge in [0.15, 0.2) is 5.16 Å². The fourth-order valence-electron chi connectivity index (χ4n) is 4.43. The minimum absolute atomic E-state index is 0.0754. The van der Waals surface area contributed by atoms with E-state index in [0.717, 1.165) is 22.4 Å². The monoisotopic (exact) mass is 519 g/mol. The zero-order valence-electron chi connectivity index (χ0n) is 20.2. The summed E-state index contributed by atoms with van der Waals surface area (Å²) in [5, 5.41) is 1.70. The molecule has 4 aromatic rings. The van der Waals surface area contributed by atoms with E-state index in [-0.39, 0.29) is 11.5 Å². The second-order valence-corrected chi connectivity index (χ2v) is 10.3. The Labute approximate surface area is 218 Å². The molecule has 36 heavy (non-hydrogen) atoms. The number of amides is 1. The van der Waals surface area contributed by atoms with Crippen LogP contribution in [0.5, 0.6) is 0 Å². The molecular weight excluding hydrogens is 494 g/mol. The number of benzene rings is 3. The fourth-order valence-corrected chi connectivity index (χ4v) is 5.59. The lowest BCUT2D eigenvalue weighted by molar-refractivity contribution is 0.0303. The molecule has 8 heteroatoms. The first-order valence-electron chi connectivity index (χ1n) is 11.8. The van der Waals surface area contributed by atoms with Crippen LogP contribution in [0.3, 0.4) is 0 Å². The van der Waals surface area contributed by atoms with Crippen LogP contribution in [0.1, 0.15) is 27.0 Å². The van der Waals surface area contributed by atoms with E-state index in [4.69, 9.17) is 21.3 Å². The molecule has 184 valence electrons. The Balaban J connectivity index is 1.61. The Kier molecular flexibility index (Phi) is 7.14. The summed E-state index contributed by atoms with van der Waals surface area (Å²) < 4.78 is 7.04. The van der Waals surface area contributed by atoms with Crippen LogP contribution in [-0.4, -0.2) is 46.7 Å². The normalized spacial score (nSPS) is 13.8. The summed E-state index contributed by atoms with van der Waals surface area (Å²) in [5.41, 5.74) is 4.80. The number of carbonyl (C=O) groups excluding carboxylic acids is 1. The first kappa shape index (κ1) is 24.6. The highest BCUT2D eigenvalue weighted by Crippen LogP contribution is 2.27. The highest BCUT2D eigenvalue weighted by molar-refractivity contribution is 7.98. The maximum absolute atomic E-state index is 13.8. The van der Waals surface area contributed by atoms with Crippen LogP contribution < -0.4 is 5.56 Å². The third-order valence-electron chi connectivity index (χ3n) is 6.11. The van der Waals surface area contributed by atoms with Crippen molar-refractivity contribution in [2.45, 2.75) is 24.8 Å². The molecule has 6 nitrogen and oxygen atoms in total. The molecule has 0 atom stereocenters. The average Bonchev–Trinajstić information content (AvgIpc) is 2.86. The molecule has 0 N–H and O–H groups in total. The Hall–Kier alpha value is -3.13. The van der Waals surface area contributed by atoms with Crippen molar-refractivity contribution >= 4 is 40.2 Å². The van der Waals surface area contributed by atoms with Crippen molar-refractivity contribution in [3.63, 3.8) is 0 Å². The van der Waals surface area contributed by atoms with Gasteiger partial charge in [-0.1, -0.05) is 41.6 Å². The predicted octanol–water partition coefficient (Wildman–Crippen LogP) is 5.42. The van der Waals surface area contributed by atoms with E-state index in [0.29, 0.717) is 58.7 Å². The standard InChI is InChI=1S/C28H26ClN3O3S/c1-18-12-19(2)14-23(13-18)32-27(34)24-7-6-21(26(33)31-8-10-35-11-9-31)16-25(24)30-28(32)36-17-20-4-3-5-22(29)15-20/h3-7,12-16H,8-11,17H2,1-2H3. The second-order valence-electron chi connectivity index (χ2n) is 8.94. The lowest BCUT2D eigenvalue weighted by atomic mass is 10.1. The fraction of sp³-hybridized carbons (Fsp3) is 0.250. The molecule has 0 aliphatic carbocycles. The SMILES string of the molecule is Cc1cc(C)cc(-n2c(SCc3cccc(Cl)c3)nc3cc(C(=O)N4CCOCC4)ccc3c2=O)c1. The molecule has 0 unspecified atom stereocenters. The van der Waals surface area contributed by atoms with E-state index in [9.17, 15) is 9.59 Å². The van der Waals surface area contributed by atoms with Gasteiger partial charge in [-0.15, -0.1) is 0 Å². The van der Waals surface area contributed by atoms with Crippen molar-refractivity contribution in [2.75, 3.05) is 26.3 Å². The number of hydrogen-bond acceptors (Lipinski definition) is 5. The maximum Gasteiger partial charge on any atom is 0.266 e. The van der Waals surface area contributed by atoms with Gasteiger partial charge in [0.25, 0.3) is 11.5 Å². The van der Waals surface area contributed by atoms with Gasteiger partial charge in [0.1, 0.15) is 0 Å². The Morgan fingerprint density at radius 2 is 1.78 bits per heavy atom. The van der Waals surface area contributed by atoms with Crippen molar-refractivity contribution in [3.05, 3.63) is 98.3 Å². The maximum atomic E-state index is 13.8. The van der Waals surface area contributed by atoms with Crippen molar-refractivity contribution in [1.82, 2.24) is 14.5 Å². The van der Waals surface area contributed by atoms with Gasteiger partial charge in [-0.3, -0.25) is 14.2 Å². The van der Waals surface area contributed by atoms with Crippen molar-refractivity contribution in [1.29, 1.82) is 0 Å². The number of carbonyl (C=O) groups is 1. The van der Waals surface area contributed by atoms with Crippen molar-refractivity contribution < 1.29 is 9.53 Å². The van der Waals surface area contributed by atoms with Gasteiger partial charge in [-0.25, -0.2) is 4.98 Å². The third kappa shape index (κ3) is 5.19. The zero-order chi connectivity index (χ0) is 25.2. The highest BCUT2D eigenvalue weighted by atomic mass is 35.5. The molecule has 1 fully saturated rings. The van der Waals surface area contributed by atoms with Crippen LogP contribution in [0.4, 0.5) is 0 Å². The smallest absolute Gasteiger partial charge is 0.266 e. The molecule has 2 heterocycles. The number of aromatic nitrogens is 2. The summed E-state index contributed by atoms with van der Waals surface area (Å²) in [6.45, 7) is 6.19. The molecule has 0 saturated carbocycles. The molecule has 1 aliphatic rings. The number of rotatable bonds is 5. The predicted molar refractivity (Wildman–Crippen MR) is 145 cm³/mol. The lowest BCUT2D eigenvalue weighted by Gasteiger charge is -2.26. The average molecular weight is 520 g/mol. The van der Waals surface area contributed by atoms with Crippen LogP contribution in [0.2, 0.25) is 5.02 Å². The Bertz CT molecular complexity index is 1490. The van der Waals surface area contributed by atoms with Crippen LogP contribution in [0, 0.1) is 13.8 Å². The molecule has 1 aliphatic heterocycles. The van der Waals surface area contributed by atoms with E-state index < -0.39 is 0 Å². The van der Waals surface area contributed by atoms with Crippen LogP contribution in [0.25, 0.3) is 16.6 Å². The molecule has 3 aromatic carbocycles. The molecule has 0 radical (unpaired) electrons. The highest BCUT2D eigenvalue weighted by Gasteiger charge is 2.21.